The van der Waals surface area contributed by atoms with Crippen LogP contribution in [0.4, 0.5) is 5.69 Å². The van der Waals surface area contributed by atoms with Crippen LogP contribution in [0.3, 0.4) is 0 Å². The first-order valence-electron chi connectivity index (χ1n) is 3.64. The quantitative estimate of drug-likeness (QED) is 0.592. The van der Waals surface area contributed by atoms with Gasteiger partial charge < -0.3 is 11.1 Å². The van der Waals surface area contributed by atoms with E-state index >= 15 is 0 Å². The first kappa shape index (κ1) is 12.2. The second kappa shape index (κ2) is 4.79. The van der Waals surface area contributed by atoms with Crippen molar-refractivity contribution in [1.82, 2.24) is 0 Å². The Morgan fingerprint density at radius 2 is 2.07 bits per heavy atom. The number of thiocarbonyl (C=S) groups is 1. The van der Waals surface area contributed by atoms with Crippen molar-refractivity contribution in [2.24, 2.45) is 5.73 Å². The predicted octanol–water partition coefficient (Wildman–Crippen LogP) is 3.83. The lowest BCUT2D eigenvalue weighted by Gasteiger charge is -2.12. The zero-order chi connectivity index (χ0) is 10.9. The molecule has 0 radical (unpaired) electrons. The van der Waals surface area contributed by atoms with Gasteiger partial charge in [0.25, 0.3) is 0 Å². The molecular formula is C8H7Br2ClN2S. The molecule has 0 saturated carbocycles. The molecule has 0 fully saturated rings. The molecule has 0 aliphatic carbocycles. The van der Waals surface area contributed by atoms with Gasteiger partial charge in [0, 0.05) is 8.95 Å². The molecule has 0 aliphatic rings. The molecule has 0 saturated heterocycles. The van der Waals surface area contributed by atoms with E-state index in [-0.39, 0.29) is 5.11 Å². The lowest BCUT2D eigenvalue weighted by Crippen LogP contribution is -2.20. The van der Waals surface area contributed by atoms with Crippen molar-refractivity contribution in [1.29, 1.82) is 0 Å². The van der Waals surface area contributed by atoms with Gasteiger partial charge in [-0.05, 0) is 62.6 Å². The van der Waals surface area contributed by atoms with Crippen LogP contribution in [0, 0.1) is 6.92 Å². The fraction of sp³-hybridized carbons (Fsp3) is 0.125. The fourth-order valence-corrected chi connectivity index (χ4v) is 2.70. The second-order valence-electron chi connectivity index (χ2n) is 2.64. The predicted molar refractivity (Wildman–Crippen MR) is 72.0 cm³/mol. The first-order valence-corrected chi connectivity index (χ1v) is 6.01. The molecule has 1 aromatic rings. The van der Waals surface area contributed by atoms with Crippen molar-refractivity contribution in [2.75, 3.05) is 5.32 Å². The minimum absolute atomic E-state index is 0.215. The van der Waals surface area contributed by atoms with Crippen LogP contribution in [-0.4, -0.2) is 5.11 Å². The van der Waals surface area contributed by atoms with E-state index in [9.17, 15) is 0 Å². The lowest BCUT2D eigenvalue weighted by molar-refractivity contribution is 1.41. The molecule has 0 unspecified atom stereocenters. The summed E-state index contributed by atoms with van der Waals surface area (Å²) < 4.78 is 1.69. The van der Waals surface area contributed by atoms with Gasteiger partial charge >= 0.3 is 0 Å². The average Bonchev–Trinajstić information content (AvgIpc) is 2.09. The summed E-state index contributed by atoms with van der Waals surface area (Å²) in [6.45, 7) is 1.89. The van der Waals surface area contributed by atoms with Crippen LogP contribution in [0.25, 0.3) is 0 Å². The van der Waals surface area contributed by atoms with Crippen molar-refractivity contribution >= 4 is 66.5 Å². The second-order valence-corrected chi connectivity index (χ2v) is 5.17. The number of rotatable bonds is 1. The minimum Gasteiger partial charge on any atom is -0.376 e. The molecule has 1 rings (SSSR count). The molecule has 0 aliphatic heterocycles. The maximum Gasteiger partial charge on any atom is 0.168 e. The maximum absolute atomic E-state index is 6.05. The van der Waals surface area contributed by atoms with E-state index in [0.717, 1.165) is 20.2 Å². The zero-order valence-electron chi connectivity index (χ0n) is 7.20. The van der Waals surface area contributed by atoms with Gasteiger partial charge in [-0.2, -0.15) is 0 Å². The Hall–Kier alpha value is 0.160. The van der Waals surface area contributed by atoms with Gasteiger partial charge in [-0.1, -0.05) is 11.6 Å². The third-order valence-corrected chi connectivity index (χ3v) is 3.72. The molecular weight excluding hydrogens is 351 g/mol. The van der Waals surface area contributed by atoms with Crippen LogP contribution >= 0.6 is 55.7 Å². The highest BCUT2D eigenvalue weighted by Gasteiger charge is 2.11. The van der Waals surface area contributed by atoms with E-state index in [2.05, 4.69) is 37.2 Å². The number of hydrogen-bond donors (Lipinski definition) is 2. The van der Waals surface area contributed by atoms with Crippen LogP contribution in [0.15, 0.2) is 15.0 Å². The summed E-state index contributed by atoms with van der Waals surface area (Å²) in [6.07, 6.45) is 0. The van der Waals surface area contributed by atoms with Crippen LogP contribution in [0.2, 0.25) is 5.02 Å². The Bertz CT molecular complexity index is 395. The summed E-state index contributed by atoms with van der Waals surface area (Å²) >= 11 is 17.5. The monoisotopic (exact) mass is 356 g/mol. The molecule has 0 aromatic heterocycles. The smallest absolute Gasteiger partial charge is 0.168 e. The molecule has 0 amide bonds. The Labute approximate surface area is 109 Å². The molecule has 0 spiro atoms. The van der Waals surface area contributed by atoms with Crippen LogP contribution in [0.1, 0.15) is 5.56 Å². The van der Waals surface area contributed by atoms with Crippen molar-refractivity contribution in [2.45, 2.75) is 6.92 Å². The Kier molecular flexibility index (Phi) is 4.18. The van der Waals surface area contributed by atoms with Gasteiger partial charge in [0.15, 0.2) is 5.11 Å². The first-order chi connectivity index (χ1) is 6.43. The Balaban J connectivity index is 3.29. The van der Waals surface area contributed by atoms with Gasteiger partial charge in [0.05, 0.1) is 10.7 Å². The summed E-state index contributed by atoms with van der Waals surface area (Å²) in [7, 11) is 0. The normalized spacial score (nSPS) is 10.0. The molecule has 0 atom stereocenters. The van der Waals surface area contributed by atoms with Gasteiger partial charge in [-0.15, -0.1) is 0 Å². The number of benzene rings is 1. The summed E-state index contributed by atoms with van der Waals surface area (Å²) in [6, 6.07) is 1.84. The number of halogens is 3. The maximum atomic E-state index is 6.05. The van der Waals surface area contributed by atoms with Gasteiger partial charge in [0.1, 0.15) is 0 Å². The lowest BCUT2D eigenvalue weighted by atomic mass is 10.2. The van der Waals surface area contributed by atoms with Gasteiger partial charge in [0.2, 0.25) is 0 Å². The molecule has 14 heavy (non-hydrogen) atoms. The standard InChI is InChI=1S/C8H7Br2ClN2S/c1-3-6(11)4(9)2-5(10)7(3)13-8(12)14/h2H,1H3,(H3,12,13,14). The molecule has 3 N–H and O–H groups in total. The van der Waals surface area contributed by atoms with Crippen molar-refractivity contribution in [3.63, 3.8) is 0 Å². The van der Waals surface area contributed by atoms with E-state index in [1.54, 1.807) is 0 Å². The molecule has 0 heterocycles. The molecule has 6 heteroatoms. The van der Waals surface area contributed by atoms with Crippen LogP contribution in [-0.2, 0) is 0 Å². The summed E-state index contributed by atoms with van der Waals surface area (Å²) in [5.41, 5.74) is 7.08. The van der Waals surface area contributed by atoms with Crippen molar-refractivity contribution in [3.05, 3.63) is 25.6 Å². The molecule has 76 valence electrons. The van der Waals surface area contributed by atoms with Crippen LogP contribution < -0.4 is 11.1 Å². The third-order valence-electron chi connectivity index (χ3n) is 1.65. The zero-order valence-corrected chi connectivity index (χ0v) is 11.9. The molecule has 1 aromatic carbocycles. The summed E-state index contributed by atoms with van der Waals surface area (Å²) in [4.78, 5) is 0. The van der Waals surface area contributed by atoms with E-state index < -0.39 is 0 Å². The molecule has 0 bridgehead atoms. The minimum atomic E-state index is 0.215. The number of nitrogens with two attached hydrogens (primary N) is 1. The third kappa shape index (κ3) is 2.59. The number of anilines is 1. The van der Waals surface area contributed by atoms with Crippen molar-refractivity contribution in [3.8, 4) is 0 Å². The molecule has 2 nitrogen and oxygen atoms in total. The SMILES string of the molecule is Cc1c(Cl)c(Br)cc(Br)c1NC(N)=S. The number of hydrogen-bond acceptors (Lipinski definition) is 1. The summed E-state index contributed by atoms with van der Waals surface area (Å²) in [5.74, 6) is 0. The Morgan fingerprint density at radius 3 is 2.57 bits per heavy atom. The highest BCUT2D eigenvalue weighted by molar-refractivity contribution is 9.11. The van der Waals surface area contributed by atoms with E-state index in [1.165, 1.54) is 0 Å². The largest absolute Gasteiger partial charge is 0.376 e. The summed E-state index contributed by atoms with van der Waals surface area (Å²) in [5, 5.41) is 3.73. The number of nitrogens with one attached hydrogen (secondary N) is 1. The van der Waals surface area contributed by atoms with E-state index in [4.69, 9.17) is 29.6 Å². The van der Waals surface area contributed by atoms with Gasteiger partial charge in [-0.25, -0.2) is 0 Å². The Morgan fingerprint density at radius 1 is 1.50 bits per heavy atom. The topological polar surface area (TPSA) is 38.0 Å². The highest BCUT2D eigenvalue weighted by Crippen LogP contribution is 2.37. The van der Waals surface area contributed by atoms with Crippen LogP contribution in [0.5, 0.6) is 0 Å². The van der Waals surface area contributed by atoms with Crippen molar-refractivity contribution < 1.29 is 0 Å². The van der Waals surface area contributed by atoms with E-state index in [0.29, 0.717) is 5.02 Å². The average molecular weight is 358 g/mol. The fourth-order valence-electron chi connectivity index (χ4n) is 0.991. The van der Waals surface area contributed by atoms with E-state index in [1.807, 2.05) is 13.0 Å². The highest BCUT2D eigenvalue weighted by atomic mass is 79.9. The van der Waals surface area contributed by atoms with Gasteiger partial charge in [-0.3, -0.25) is 0 Å².